The van der Waals surface area contributed by atoms with Crippen LogP contribution in [0.5, 0.6) is 0 Å². The first-order valence-electron chi connectivity index (χ1n) is 7.78. The summed E-state index contributed by atoms with van der Waals surface area (Å²) in [5.74, 6) is 0. The Kier molecular flexibility index (Phi) is 5.13. The molecule has 4 nitrogen and oxygen atoms in total. The van der Waals surface area contributed by atoms with Gasteiger partial charge in [0.1, 0.15) is 0 Å². The van der Waals surface area contributed by atoms with Crippen LogP contribution in [-0.4, -0.2) is 49.3 Å². The van der Waals surface area contributed by atoms with E-state index in [1.165, 1.54) is 12.8 Å². The molecule has 1 unspecified atom stereocenters. The SMILES string of the molecule is COCCN1CCCC(Nc2ccnc3cc(Cl)ccc23)C1. The molecule has 1 aromatic heterocycles. The third kappa shape index (κ3) is 3.69. The van der Waals surface area contributed by atoms with Gasteiger partial charge in [0.2, 0.25) is 0 Å². The van der Waals surface area contributed by atoms with Gasteiger partial charge >= 0.3 is 0 Å². The quantitative estimate of drug-likeness (QED) is 0.916. The molecule has 1 aliphatic heterocycles. The molecule has 2 aromatic rings. The number of anilines is 1. The highest BCUT2D eigenvalue weighted by atomic mass is 35.5. The van der Waals surface area contributed by atoms with Crippen molar-refractivity contribution in [1.82, 2.24) is 9.88 Å². The van der Waals surface area contributed by atoms with E-state index in [2.05, 4.69) is 15.2 Å². The van der Waals surface area contributed by atoms with Crippen molar-refractivity contribution < 1.29 is 4.74 Å². The molecule has 1 fully saturated rings. The number of methoxy groups -OCH3 is 1. The van der Waals surface area contributed by atoms with E-state index in [-0.39, 0.29) is 0 Å². The lowest BCUT2D eigenvalue weighted by Gasteiger charge is -2.33. The number of ether oxygens (including phenoxy) is 1. The lowest BCUT2D eigenvalue weighted by molar-refractivity contribution is 0.131. The molecule has 22 heavy (non-hydrogen) atoms. The fourth-order valence-corrected chi connectivity index (χ4v) is 3.23. The highest BCUT2D eigenvalue weighted by Crippen LogP contribution is 2.26. The van der Waals surface area contributed by atoms with Gasteiger partial charge in [0.25, 0.3) is 0 Å². The molecule has 0 radical (unpaired) electrons. The van der Waals surface area contributed by atoms with Crippen LogP contribution in [0.25, 0.3) is 10.9 Å². The number of nitrogens with zero attached hydrogens (tertiary/aromatic N) is 2. The molecule has 0 aliphatic carbocycles. The number of piperidine rings is 1. The normalized spacial score (nSPS) is 19.5. The van der Waals surface area contributed by atoms with Gasteiger partial charge < -0.3 is 10.1 Å². The van der Waals surface area contributed by atoms with Crippen LogP contribution in [0, 0.1) is 0 Å². The second-order valence-electron chi connectivity index (χ2n) is 5.80. The van der Waals surface area contributed by atoms with Gasteiger partial charge in [-0.1, -0.05) is 11.6 Å². The molecular formula is C17H22ClN3O. The summed E-state index contributed by atoms with van der Waals surface area (Å²) in [6.45, 7) is 4.01. The smallest absolute Gasteiger partial charge is 0.0737 e. The van der Waals surface area contributed by atoms with Crippen molar-refractivity contribution >= 4 is 28.2 Å². The van der Waals surface area contributed by atoms with E-state index in [1.54, 1.807) is 7.11 Å². The Bertz CT molecular complexity index is 634. The second kappa shape index (κ2) is 7.27. The summed E-state index contributed by atoms with van der Waals surface area (Å²) in [5, 5.41) is 5.53. The first-order chi connectivity index (χ1) is 10.8. The zero-order valence-corrected chi connectivity index (χ0v) is 13.6. The van der Waals surface area contributed by atoms with E-state index >= 15 is 0 Å². The van der Waals surface area contributed by atoms with E-state index in [9.17, 15) is 0 Å². The zero-order chi connectivity index (χ0) is 15.4. The van der Waals surface area contributed by atoms with Gasteiger partial charge in [0, 0.05) is 48.5 Å². The van der Waals surface area contributed by atoms with Crippen LogP contribution in [0.15, 0.2) is 30.5 Å². The summed E-state index contributed by atoms with van der Waals surface area (Å²) >= 11 is 6.05. The Morgan fingerprint density at radius 3 is 3.18 bits per heavy atom. The molecule has 0 spiro atoms. The molecule has 3 rings (SSSR count). The van der Waals surface area contributed by atoms with Crippen LogP contribution < -0.4 is 5.32 Å². The molecule has 1 saturated heterocycles. The fraction of sp³-hybridized carbons (Fsp3) is 0.471. The molecule has 0 saturated carbocycles. The molecule has 1 aliphatic rings. The van der Waals surface area contributed by atoms with Crippen molar-refractivity contribution in [3.8, 4) is 0 Å². The number of benzene rings is 1. The van der Waals surface area contributed by atoms with Gasteiger partial charge in [-0.05, 0) is 43.7 Å². The third-order valence-corrected chi connectivity index (χ3v) is 4.42. The molecule has 1 aromatic carbocycles. The summed E-state index contributed by atoms with van der Waals surface area (Å²) in [4.78, 5) is 6.86. The van der Waals surface area contributed by atoms with Crippen molar-refractivity contribution in [3.05, 3.63) is 35.5 Å². The number of hydrogen-bond acceptors (Lipinski definition) is 4. The Balaban J connectivity index is 1.72. The van der Waals surface area contributed by atoms with Crippen molar-refractivity contribution in [2.24, 2.45) is 0 Å². The Hall–Kier alpha value is -1.36. The minimum Gasteiger partial charge on any atom is -0.383 e. The number of halogens is 1. The van der Waals surface area contributed by atoms with Gasteiger partial charge in [0.15, 0.2) is 0 Å². The van der Waals surface area contributed by atoms with Crippen LogP contribution in [0.2, 0.25) is 5.02 Å². The third-order valence-electron chi connectivity index (χ3n) is 4.18. The topological polar surface area (TPSA) is 37.4 Å². The molecule has 5 heteroatoms. The van der Waals surface area contributed by atoms with E-state index in [1.807, 2.05) is 30.5 Å². The molecule has 118 valence electrons. The first kappa shape index (κ1) is 15.5. The summed E-state index contributed by atoms with van der Waals surface area (Å²) in [6, 6.07) is 8.38. The van der Waals surface area contributed by atoms with Gasteiger partial charge in [-0.2, -0.15) is 0 Å². The summed E-state index contributed by atoms with van der Waals surface area (Å²) in [5.41, 5.74) is 2.07. The highest BCUT2D eigenvalue weighted by Gasteiger charge is 2.20. The van der Waals surface area contributed by atoms with Crippen molar-refractivity contribution in [3.63, 3.8) is 0 Å². The predicted molar refractivity (Wildman–Crippen MR) is 91.7 cm³/mol. The molecule has 0 bridgehead atoms. The number of rotatable bonds is 5. The van der Waals surface area contributed by atoms with E-state index in [4.69, 9.17) is 16.3 Å². The van der Waals surface area contributed by atoms with E-state index < -0.39 is 0 Å². The minimum absolute atomic E-state index is 0.465. The maximum Gasteiger partial charge on any atom is 0.0737 e. The van der Waals surface area contributed by atoms with Crippen molar-refractivity contribution in [1.29, 1.82) is 0 Å². The van der Waals surface area contributed by atoms with Crippen LogP contribution in [-0.2, 0) is 4.74 Å². The van der Waals surface area contributed by atoms with Crippen LogP contribution in [0.1, 0.15) is 12.8 Å². The lowest BCUT2D eigenvalue weighted by atomic mass is 10.0. The van der Waals surface area contributed by atoms with Gasteiger partial charge in [0.05, 0.1) is 12.1 Å². The summed E-state index contributed by atoms with van der Waals surface area (Å²) < 4.78 is 5.18. The standard InChI is InChI=1S/C17H22ClN3O/c1-22-10-9-21-8-2-3-14(12-21)20-16-6-7-19-17-11-13(18)4-5-15(16)17/h4-7,11,14H,2-3,8-10,12H2,1H3,(H,19,20). The lowest BCUT2D eigenvalue weighted by Crippen LogP contribution is -2.43. The number of nitrogens with one attached hydrogen (secondary N) is 1. The average Bonchev–Trinajstić information content (AvgIpc) is 2.53. The highest BCUT2D eigenvalue weighted by molar-refractivity contribution is 6.31. The number of hydrogen-bond donors (Lipinski definition) is 1. The molecular weight excluding hydrogens is 298 g/mol. The molecule has 1 N–H and O–H groups in total. The minimum atomic E-state index is 0.465. The Morgan fingerprint density at radius 2 is 2.32 bits per heavy atom. The Morgan fingerprint density at radius 1 is 1.41 bits per heavy atom. The van der Waals surface area contributed by atoms with Crippen LogP contribution in [0.3, 0.4) is 0 Å². The summed E-state index contributed by atoms with van der Waals surface area (Å²) in [6.07, 6.45) is 4.25. The van der Waals surface area contributed by atoms with Gasteiger partial charge in [-0.15, -0.1) is 0 Å². The Labute approximate surface area is 136 Å². The van der Waals surface area contributed by atoms with E-state index in [0.717, 1.165) is 47.9 Å². The largest absolute Gasteiger partial charge is 0.383 e. The molecule has 1 atom stereocenters. The zero-order valence-electron chi connectivity index (χ0n) is 12.9. The van der Waals surface area contributed by atoms with E-state index in [0.29, 0.717) is 6.04 Å². The number of pyridine rings is 1. The number of fused-ring (bicyclic) bond motifs is 1. The second-order valence-corrected chi connectivity index (χ2v) is 6.23. The summed E-state index contributed by atoms with van der Waals surface area (Å²) in [7, 11) is 1.76. The monoisotopic (exact) mass is 319 g/mol. The van der Waals surface area contributed by atoms with Crippen molar-refractivity contribution in [2.45, 2.75) is 18.9 Å². The fourth-order valence-electron chi connectivity index (χ4n) is 3.06. The van der Waals surface area contributed by atoms with Crippen molar-refractivity contribution in [2.75, 3.05) is 38.7 Å². The molecule has 2 heterocycles. The predicted octanol–water partition coefficient (Wildman–Crippen LogP) is 3.41. The maximum atomic E-state index is 6.05. The number of likely N-dealkylation sites (tertiary alicyclic amines) is 1. The maximum absolute atomic E-state index is 6.05. The van der Waals surface area contributed by atoms with Crippen LogP contribution in [0.4, 0.5) is 5.69 Å². The van der Waals surface area contributed by atoms with Gasteiger partial charge in [-0.25, -0.2) is 0 Å². The van der Waals surface area contributed by atoms with Gasteiger partial charge in [-0.3, -0.25) is 9.88 Å². The van der Waals surface area contributed by atoms with Crippen LogP contribution >= 0.6 is 11.6 Å². The average molecular weight is 320 g/mol. The first-order valence-corrected chi connectivity index (χ1v) is 8.16. The number of aromatic nitrogens is 1. The molecule has 0 amide bonds.